The number of aliphatic hydroxyl groups is 3. The Morgan fingerprint density at radius 1 is 1.16 bits per heavy atom. The van der Waals surface area contributed by atoms with Crippen molar-refractivity contribution in [2.75, 3.05) is 0 Å². The summed E-state index contributed by atoms with van der Waals surface area (Å²) >= 11 is 0. The first-order chi connectivity index (χ1) is 11.4. The zero-order valence-corrected chi connectivity index (χ0v) is 16.0. The Kier molecular flexibility index (Phi) is 6.91. The lowest BCUT2D eigenvalue weighted by molar-refractivity contribution is -0.134. The summed E-state index contributed by atoms with van der Waals surface area (Å²) < 4.78 is 0. The van der Waals surface area contributed by atoms with E-state index in [0.29, 0.717) is 0 Å². The lowest BCUT2D eigenvalue weighted by Gasteiger charge is -2.33. The number of rotatable bonds is 7. The molecule has 0 amide bonds. The van der Waals surface area contributed by atoms with Gasteiger partial charge in [0.2, 0.25) is 0 Å². The Balaban J connectivity index is 3.42. The fourth-order valence-corrected chi connectivity index (χ4v) is 2.94. The van der Waals surface area contributed by atoms with Gasteiger partial charge in [-0.25, -0.2) is 0 Å². The van der Waals surface area contributed by atoms with Crippen LogP contribution in [-0.2, 0) is 9.59 Å². The van der Waals surface area contributed by atoms with Crippen LogP contribution in [0.15, 0.2) is 34.6 Å². The first-order valence-corrected chi connectivity index (χ1v) is 8.63. The molecular weight excluding hydrogens is 320 g/mol. The van der Waals surface area contributed by atoms with Gasteiger partial charge in [-0.2, -0.15) is 0 Å². The van der Waals surface area contributed by atoms with Crippen molar-refractivity contribution in [2.24, 2.45) is 11.8 Å². The van der Waals surface area contributed by atoms with Crippen molar-refractivity contribution in [3.05, 3.63) is 34.6 Å². The van der Waals surface area contributed by atoms with Gasteiger partial charge < -0.3 is 15.3 Å². The fraction of sp³-hybridized carbons (Fsp3) is 0.600. The second-order valence-electron chi connectivity index (χ2n) is 7.53. The molecule has 0 bridgehead atoms. The molecule has 0 fully saturated rings. The average molecular weight is 350 g/mol. The molecule has 0 aliphatic heterocycles. The third-order valence-corrected chi connectivity index (χ3v) is 4.50. The first kappa shape index (κ1) is 21.3. The highest BCUT2D eigenvalue weighted by molar-refractivity contribution is 6.24. The van der Waals surface area contributed by atoms with E-state index in [9.17, 15) is 24.9 Å². The molecule has 1 aliphatic carbocycles. The van der Waals surface area contributed by atoms with Crippen LogP contribution in [0.2, 0.25) is 0 Å². The van der Waals surface area contributed by atoms with Gasteiger partial charge in [-0.05, 0) is 40.5 Å². The largest absolute Gasteiger partial charge is 0.508 e. The monoisotopic (exact) mass is 350 g/mol. The summed E-state index contributed by atoms with van der Waals surface area (Å²) in [4.78, 5) is 25.1. The molecule has 5 heteroatoms. The van der Waals surface area contributed by atoms with E-state index in [1.807, 2.05) is 27.7 Å². The molecule has 1 rings (SSSR count). The maximum Gasteiger partial charge on any atom is 0.176 e. The number of ketones is 2. The number of hydrogen-bond donors (Lipinski definition) is 3. The molecule has 25 heavy (non-hydrogen) atoms. The Labute approximate surface area is 149 Å². The van der Waals surface area contributed by atoms with E-state index in [2.05, 4.69) is 0 Å². The van der Waals surface area contributed by atoms with Crippen molar-refractivity contribution < 1.29 is 24.9 Å². The van der Waals surface area contributed by atoms with Gasteiger partial charge in [0.05, 0.1) is 12.0 Å². The molecule has 0 radical (unpaired) electrons. The molecule has 3 unspecified atom stereocenters. The zero-order valence-electron chi connectivity index (χ0n) is 16.0. The van der Waals surface area contributed by atoms with Crippen LogP contribution >= 0.6 is 0 Å². The van der Waals surface area contributed by atoms with Crippen LogP contribution < -0.4 is 0 Å². The minimum atomic E-state index is -2.16. The predicted molar refractivity (Wildman–Crippen MR) is 97.0 cm³/mol. The minimum absolute atomic E-state index is 0.0741. The van der Waals surface area contributed by atoms with E-state index in [4.69, 9.17) is 0 Å². The summed E-state index contributed by atoms with van der Waals surface area (Å²) in [6.45, 7) is 10.6. The third-order valence-electron chi connectivity index (χ3n) is 4.50. The van der Waals surface area contributed by atoms with Crippen LogP contribution in [0.1, 0.15) is 54.4 Å². The molecular formula is C20H30O5. The Hall–Kier alpha value is -1.72. The van der Waals surface area contributed by atoms with Crippen LogP contribution in [0.5, 0.6) is 0 Å². The Bertz CT molecular complexity index is 630. The van der Waals surface area contributed by atoms with E-state index in [0.717, 1.165) is 11.1 Å². The van der Waals surface area contributed by atoms with Crippen LogP contribution in [-0.4, -0.2) is 38.6 Å². The van der Waals surface area contributed by atoms with Gasteiger partial charge in [-0.3, -0.25) is 9.59 Å². The highest BCUT2D eigenvalue weighted by Crippen LogP contribution is 2.43. The fourth-order valence-electron chi connectivity index (χ4n) is 2.94. The van der Waals surface area contributed by atoms with Gasteiger partial charge in [-0.15, -0.1) is 0 Å². The van der Waals surface area contributed by atoms with Crippen molar-refractivity contribution in [3.63, 3.8) is 0 Å². The van der Waals surface area contributed by atoms with Gasteiger partial charge in [-0.1, -0.05) is 37.1 Å². The van der Waals surface area contributed by atoms with Crippen molar-refractivity contribution in [2.45, 2.75) is 66.1 Å². The topological polar surface area (TPSA) is 94.8 Å². The lowest BCUT2D eigenvalue weighted by atomic mass is 9.80. The van der Waals surface area contributed by atoms with Gasteiger partial charge in [0.25, 0.3) is 0 Å². The standard InChI is InChI=1S/C20H30O5/c1-11(2)7-9-14-18(23)16(17(22)13(5)6)19(24)20(14,25)15(21)10-8-12(3)4/h7-8,13-15,21,24-25H,9-10H2,1-6H3. The van der Waals surface area contributed by atoms with E-state index in [1.54, 1.807) is 26.0 Å². The molecule has 0 spiro atoms. The van der Waals surface area contributed by atoms with Gasteiger partial charge >= 0.3 is 0 Å². The number of hydrogen-bond acceptors (Lipinski definition) is 5. The Morgan fingerprint density at radius 2 is 1.68 bits per heavy atom. The summed E-state index contributed by atoms with van der Waals surface area (Å²) in [7, 11) is 0. The minimum Gasteiger partial charge on any atom is -0.508 e. The second kappa shape index (κ2) is 8.11. The molecule has 0 aromatic heterocycles. The molecule has 3 N–H and O–H groups in total. The smallest absolute Gasteiger partial charge is 0.176 e. The van der Waals surface area contributed by atoms with Crippen LogP contribution in [0.4, 0.5) is 0 Å². The second-order valence-corrected chi connectivity index (χ2v) is 7.53. The number of Topliss-reactive ketones (excluding diaryl/α,β-unsaturated/α-hetero) is 2. The third kappa shape index (κ3) is 4.28. The molecule has 0 saturated heterocycles. The normalized spacial score (nSPS) is 24.5. The summed E-state index contributed by atoms with van der Waals surface area (Å²) in [5, 5.41) is 32.2. The van der Waals surface area contributed by atoms with E-state index in [1.165, 1.54) is 0 Å². The van der Waals surface area contributed by atoms with Crippen molar-refractivity contribution >= 4 is 11.6 Å². The summed E-state index contributed by atoms with van der Waals surface area (Å²) in [6, 6.07) is 0. The van der Waals surface area contributed by atoms with Crippen molar-refractivity contribution in [1.82, 2.24) is 0 Å². The van der Waals surface area contributed by atoms with Gasteiger partial charge in [0, 0.05) is 5.92 Å². The van der Waals surface area contributed by atoms with Crippen LogP contribution in [0, 0.1) is 11.8 Å². The zero-order chi connectivity index (χ0) is 19.5. The predicted octanol–water partition coefficient (Wildman–Crippen LogP) is 3.03. The van der Waals surface area contributed by atoms with Crippen LogP contribution in [0.25, 0.3) is 0 Å². The molecule has 0 aromatic carbocycles. The van der Waals surface area contributed by atoms with Crippen molar-refractivity contribution in [1.29, 1.82) is 0 Å². The summed E-state index contributed by atoms with van der Waals surface area (Å²) in [6.07, 6.45) is 2.31. The molecule has 0 heterocycles. The SMILES string of the molecule is CC(C)=CCC(O)C1(O)C(O)=C(C(=O)C(C)C)C(=O)C1CC=C(C)C. The molecule has 0 saturated carbocycles. The molecule has 0 aromatic rings. The number of aliphatic hydroxyl groups excluding tert-OH is 2. The molecule has 1 aliphatic rings. The number of allylic oxidation sites excluding steroid dienone is 4. The van der Waals surface area contributed by atoms with Gasteiger partial charge in [0.1, 0.15) is 11.3 Å². The molecule has 3 atom stereocenters. The van der Waals surface area contributed by atoms with Crippen molar-refractivity contribution in [3.8, 4) is 0 Å². The maximum absolute atomic E-state index is 12.8. The number of carbonyl (C=O) groups is 2. The summed E-state index contributed by atoms with van der Waals surface area (Å²) in [5.41, 5.74) is -0.651. The molecule has 5 nitrogen and oxygen atoms in total. The molecule has 140 valence electrons. The van der Waals surface area contributed by atoms with Crippen LogP contribution in [0.3, 0.4) is 0 Å². The quantitative estimate of drug-likeness (QED) is 0.484. The highest BCUT2D eigenvalue weighted by atomic mass is 16.4. The lowest BCUT2D eigenvalue weighted by Crippen LogP contribution is -2.49. The average Bonchev–Trinajstić information content (AvgIpc) is 2.69. The maximum atomic E-state index is 12.8. The first-order valence-electron chi connectivity index (χ1n) is 8.63. The highest BCUT2D eigenvalue weighted by Gasteiger charge is 2.58. The van der Waals surface area contributed by atoms with Gasteiger partial charge in [0.15, 0.2) is 17.2 Å². The summed E-state index contributed by atoms with van der Waals surface area (Å²) in [5.74, 6) is -3.40. The van der Waals surface area contributed by atoms with E-state index >= 15 is 0 Å². The number of carbonyl (C=O) groups excluding carboxylic acids is 2. The van der Waals surface area contributed by atoms with E-state index < -0.39 is 40.9 Å². The Morgan fingerprint density at radius 3 is 2.12 bits per heavy atom. The van der Waals surface area contributed by atoms with E-state index in [-0.39, 0.29) is 18.4 Å².